The molecule has 0 N–H and O–H groups in total. The lowest BCUT2D eigenvalue weighted by molar-refractivity contribution is -0.366. The average Bonchev–Trinajstić information content (AvgIpc) is 3.16. The Kier molecular flexibility index (Phi) is 6.79. The van der Waals surface area contributed by atoms with E-state index in [2.05, 4.69) is 9.88 Å². The fourth-order valence-corrected chi connectivity index (χ4v) is 6.21. The molecule has 1 aromatic heterocycles. The third-order valence-corrected chi connectivity index (χ3v) is 9.25. The van der Waals surface area contributed by atoms with Crippen LogP contribution in [0.25, 0.3) is 0 Å². The summed E-state index contributed by atoms with van der Waals surface area (Å²) in [6.07, 6.45) is -1.35. The zero-order valence-electron chi connectivity index (χ0n) is 20.0. The molecule has 0 aliphatic carbocycles. The van der Waals surface area contributed by atoms with Gasteiger partial charge in [-0.2, -0.15) is 13.2 Å². The van der Waals surface area contributed by atoms with Crippen LogP contribution in [-0.2, 0) is 26.5 Å². The number of aromatic nitrogens is 1. The number of ether oxygens (including phenoxy) is 1. The van der Waals surface area contributed by atoms with E-state index in [4.69, 9.17) is 16.3 Å². The highest BCUT2D eigenvalue weighted by molar-refractivity contribution is 7.90. The van der Waals surface area contributed by atoms with E-state index in [1.54, 1.807) is 18.2 Å². The Morgan fingerprint density at radius 2 is 1.77 bits per heavy atom. The van der Waals surface area contributed by atoms with Gasteiger partial charge in [-0.25, -0.2) is 8.42 Å². The fraction of sp³-hybridized carbons (Fsp3) is 0.560. The van der Waals surface area contributed by atoms with Crippen LogP contribution in [0.1, 0.15) is 44.4 Å². The molecule has 0 bridgehead atoms. The second kappa shape index (κ2) is 9.01. The normalized spacial score (nSPS) is 26.0. The Morgan fingerprint density at radius 1 is 1.11 bits per heavy atom. The molecule has 2 atom stereocenters. The van der Waals surface area contributed by atoms with Crippen molar-refractivity contribution in [3.05, 3.63) is 58.9 Å². The second-order valence-corrected chi connectivity index (χ2v) is 12.7. The molecule has 192 valence electrons. The molecule has 3 heterocycles. The first-order valence-electron chi connectivity index (χ1n) is 11.6. The number of aryl methyl sites for hydroxylation is 1. The molecule has 5 nitrogen and oxygen atoms in total. The number of hydrogen-bond acceptors (Lipinski definition) is 5. The first-order chi connectivity index (χ1) is 16.2. The summed E-state index contributed by atoms with van der Waals surface area (Å²) < 4.78 is 72.4. The lowest BCUT2D eigenvalue weighted by Crippen LogP contribution is -2.67. The Bertz CT molecular complexity index is 1160. The van der Waals surface area contributed by atoms with Gasteiger partial charge >= 0.3 is 6.18 Å². The molecule has 0 radical (unpaired) electrons. The van der Waals surface area contributed by atoms with Crippen molar-refractivity contribution in [3.8, 4) is 0 Å². The first-order valence-corrected chi connectivity index (χ1v) is 13.8. The molecule has 0 spiro atoms. The van der Waals surface area contributed by atoms with E-state index >= 15 is 0 Å². The van der Waals surface area contributed by atoms with Crippen molar-refractivity contribution >= 4 is 21.4 Å². The van der Waals surface area contributed by atoms with Crippen LogP contribution in [0, 0.1) is 5.41 Å². The van der Waals surface area contributed by atoms with Crippen molar-refractivity contribution in [2.24, 2.45) is 5.41 Å². The molecule has 0 saturated carbocycles. The van der Waals surface area contributed by atoms with Gasteiger partial charge < -0.3 is 4.74 Å². The Hall–Kier alpha value is -1.68. The molecule has 4 rings (SSSR count). The zero-order chi connectivity index (χ0) is 25.7. The van der Waals surface area contributed by atoms with Crippen molar-refractivity contribution < 1.29 is 26.3 Å². The molecule has 2 saturated heterocycles. The van der Waals surface area contributed by atoms with Crippen LogP contribution in [-0.4, -0.2) is 56.0 Å². The summed E-state index contributed by atoms with van der Waals surface area (Å²) in [5, 5.41) is 0.605. The van der Waals surface area contributed by atoms with Crippen LogP contribution < -0.4 is 0 Å². The third kappa shape index (κ3) is 4.72. The highest BCUT2D eigenvalue weighted by Crippen LogP contribution is 2.60. The number of rotatable bonds is 7. The number of alkyl halides is 3. The molecule has 2 aromatic rings. The Labute approximate surface area is 209 Å². The van der Waals surface area contributed by atoms with Gasteiger partial charge in [-0.05, 0) is 69.5 Å². The van der Waals surface area contributed by atoms with Crippen LogP contribution in [0.15, 0.2) is 47.5 Å². The minimum atomic E-state index is -4.50. The predicted octanol–water partition coefficient (Wildman–Crippen LogP) is 5.42. The molecule has 2 aliphatic rings. The lowest BCUT2D eigenvalue weighted by Gasteiger charge is -2.55. The maximum absolute atomic E-state index is 14.5. The summed E-state index contributed by atoms with van der Waals surface area (Å²) in [5.74, 6) is 0. The van der Waals surface area contributed by atoms with Gasteiger partial charge in [0.25, 0.3) is 0 Å². The summed E-state index contributed by atoms with van der Waals surface area (Å²) in [7, 11) is -3.40. The SMILES string of the molecule is CC(C)(c1ccc(Cl)cc1)N1CC[C@@](CCc2ccc(S(C)(=O)=O)cn2)([C@@]2(C(F)(F)F)CCO2)C1. The van der Waals surface area contributed by atoms with Gasteiger partial charge in [0.1, 0.15) is 0 Å². The topological polar surface area (TPSA) is 59.5 Å². The number of halogens is 4. The third-order valence-electron chi connectivity index (χ3n) is 7.90. The molecule has 1 aromatic carbocycles. The minimum absolute atomic E-state index is 0.0633. The summed E-state index contributed by atoms with van der Waals surface area (Å²) >= 11 is 6.04. The van der Waals surface area contributed by atoms with E-state index in [-0.39, 0.29) is 30.9 Å². The van der Waals surface area contributed by atoms with Crippen molar-refractivity contribution in [1.29, 1.82) is 0 Å². The molecule has 35 heavy (non-hydrogen) atoms. The van der Waals surface area contributed by atoms with Gasteiger partial charge in [0, 0.05) is 47.1 Å². The van der Waals surface area contributed by atoms with Crippen molar-refractivity contribution in [1.82, 2.24) is 9.88 Å². The van der Waals surface area contributed by atoms with E-state index in [1.165, 1.54) is 12.3 Å². The van der Waals surface area contributed by atoms with Crippen LogP contribution in [0.4, 0.5) is 13.2 Å². The molecule has 10 heteroatoms. The summed E-state index contributed by atoms with van der Waals surface area (Å²) in [5.41, 5.74) is -2.31. The van der Waals surface area contributed by atoms with Gasteiger partial charge in [-0.3, -0.25) is 9.88 Å². The van der Waals surface area contributed by atoms with E-state index in [1.807, 2.05) is 26.0 Å². The van der Waals surface area contributed by atoms with Crippen LogP contribution >= 0.6 is 11.6 Å². The smallest absolute Gasteiger partial charge is 0.365 e. The van der Waals surface area contributed by atoms with Crippen LogP contribution in [0.3, 0.4) is 0 Å². The van der Waals surface area contributed by atoms with Crippen LogP contribution in [0.5, 0.6) is 0 Å². The summed E-state index contributed by atoms with van der Waals surface area (Å²) in [6.45, 7) is 4.84. The van der Waals surface area contributed by atoms with Gasteiger partial charge in [0.05, 0.1) is 11.5 Å². The standard InChI is InChI=1S/C25H30ClF3N2O3S/c1-22(2,18-4-6-19(26)7-5-18)31-14-12-23(17-31,24(13-15-34-24)25(27,28)29)11-10-20-8-9-21(16-30-20)35(3,32)33/h4-9,16H,10-15,17H2,1-3H3/t23-,24-/m1/s1. The average molecular weight is 531 g/mol. The van der Waals surface area contributed by atoms with Gasteiger partial charge in [0.15, 0.2) is 15.4 Å². The Morgan fingerprint density at radius 3 is 2.26 bits per heavy atom. The number of nitrogens with zero attached hydrogens (tertiary/aromatic N) is 2. The molecule has 2 fully saturated rings. The van der Waals surface area contributed by atoms with E-state index < -0.39 is 32.6 Å². The molecular formula is C25H30ClF3N2O3S. The molecule has 2 aliphatic heterocycles. The molecular weight excluding hydrogens is 501 g/mol. The monoisotopic (exact) mass is 530 g/mol. The number of pyridine rings is 1. The lowest BCUT2D eigenvalue weighted by atomic mass is 9.63. The second-order valence-electron chi connectivity index (χ2n) is 10.2. The van der Waals surface area contributed by atoms with Crippen molar-refractivity contribution in [2.75, 3.05) is 26.0 Å². The summed E-state index contributed by atoms with van der Waals surface area (Å²) in [4.78, 5) is 6.41. The quantitative estimate of drug-likeness (QED) is 0.478. The highest BCUT2D eigenvalue weighted by atomic mass is 35.5. The van der Waals surface area contributed by atoms with E-state index in [9.17, 15) is 21.6 Å². The maximum Gasteiger partial charge on any atom is 0.418 e. The van der Waals surface area contributed by atoms with Gasteiger partial charge in [-0.15, -0.1) is 0 Å². The molecule has 0 amide bonds. The van der Waals surface area contributed by atoms with Gasteiger partial charge in [0.2, 0.25) is 0 Å². The van der Waals surface area contributed by atoms with Crippen molar-refractivity contribution in [2.45, 2.75) is 61.7 Å². The highest BCUT2D eigenvalue weighted by Gasteiger charge is 2.72. The number of sulfone groups is 1. The van der Waals surface area contributed by atoms with Gasteiger partial charge in [-0.1, -0.05) is 23.7 Å². The fourth-order valence-electron chi connectivity index (χ4n) is 5.52. The minimum Gasteiger partial charge on any atom is -0.365 e. The number of likely N-dealkylation sites (tertiary alicyclic amines) is 1. The van der Waals surface area contributed by atoms with E-state index in [0.29, 0.717) is 30.1 Å². The van der Waals surface area contributed by atoms with Crippen molar-refractivity contribution in [3.63, 3.8) is 0 Å². The number of benzene rings is 1. The zero-order valence-corrected chi connectivity index (χ0v) is 21.6. The first kappa shape index (κ1) is 26.4. The van der Waals surface area contributed by atoms with E-state index in [0.717, 1.165) is 11.8 Å². The summed E-state index contributed by atoms with van der Waals surface area (Å²) in [6, 6.07) is 10.4. The Balaban J connectivity index is 1.63. The largest absolute Gasteiger partial charge is 0.418 e. The predicted molar refractivity (Wildman–Crippen MR) is 128 cm³/mol. The maximum atomic E-state index is 14.5. The molecule has 0 unspecified atom stereocenters. The number of hydrogen-bond donors (Lipinski definition) is 0. The van der Waals surface area contributed by atoms with Crippen LogP contribution in [0.2, 0.25) is 5.02 Å².